The molecule has 25 heavy (non-hydrogen) atoms. The maximum atomic E-state index is 12.4. The Kier molecular flexibility index (Phi) is 4.33. The summed E-state index contributed by atoms with van der Waals surface area (Å²) in [4.78, 5) is 27.8. The van der Waals surface area contributed by atoms with Gasteiger partial charge in [0.15, 0.2) is 0 Å². The maximum absolute atomic E-state index is 12.4. The molecule has 0 saturated carbocycles. The Balaban J connectivity index is 1.50. The fourth-order valence-corrected chi connectivity index (χ4v) is 3.50. The third kappa shape index (κ3) is 3.47. The summed E-state index contributed by atoms with van der Waals surface area (Å²) >= 11 is 7.35. The summed E-state index contributed by atoms with van der Waals surface area (Å²) in [6.45, 7) is 1.15. The highest BCUT2D eigenvalue weighted by Gasteiger charge is 2.24. The molecule has 0 aliphatic carbocycles. The number of hydrogen-bond acceptors (Lipinski definition) is 6. The van der Waals surface area contributed by atoms with Crippen LogP contribution in [-0.4, -0.2) is 32.3 Å². The van der Waals surface area contributed by atoms with Crippen molar-refractivity contribution in [3.63, 3.8) is 0 Å². The predicted octanol–water partition coefficient (Wildman–Crippen LogP) is 3.53. The minimum absolute atomic E-state index is 0.00859. The third-order valence-corrected chi connectivity index (χ3v) is 4.94. The summed E-state index contributed by atoms with van der Waals surface area (Å²) in [5, 5.41) is 3.81. The number of hydrogen-bond donors (Lipinski definition) is 1. The Hall–Kier alpha value is -2.51. The number of anilines is 2. The maximum Gasteiger partial charge on any atom is 0.265 e. The highest BCUT2D eigenvalue weighted by Crippen LogP contribution is 2.22. The van der Waals surface area contributed by atoms with E-state index >= 15 is 0 Å². The van der Waals surface area contributed by atoms with Gasteiger partial charge in [0.2, 0.25) is 5.95 Å². The first-order chi connectivity index (χ1) is 12.2. The number of carbonyl (C=O) groups excluding carboxylic acids is 1. The van der Waals surface area contributed by atoms with Gasteiger partial charge in [-0.2, -0.15) is 0 Å². The molecule has 1 N–H and O–H groups in total. The average molecular weight is 372 g/mol. The molecule has 0 spiro atoms. The number of benzene rings is 1. The number of carbonyl (C=O) groups is 1. The van der Waals surface area contributed by atoms with Gasteiger partial charge in [0.25, 0.3) is 5.91 Å². The van der Waals surface area contributed by atoms with Crippen molar-refractivity contribution in [3.8, 4) is 0 Å². The summed E-state index contributed by atoms with van der Waals surface area (Å²) in [6.07, 6.45) is 4.09. The first-order valence-electron chi connectivity index (χ1n) is 7.74. The lowest BCUT2D eigenvalue weighted by Gasteiger charge is -2.27. The van der Waals surface area contributed by atoms with E-state index in [4.69, 9.17) is 11.6 Å². The van der Waals surface area contributed by atoms with Crippen LogP contribution in [0.3, 0.4) is 0 Å². The number of thiazole rings is 1. The van der Waals surface area contributed by atoms with Crippen LogP contribution in [0.15, 0.2) is 42.2 Å². The summed E-state index contributed by atoms with van der Waals surface area (Å²) < 4.78 is 0. The number of halogens is 1. The van der Waals surface area contributed by atoms with Crippen molar-refractivity contribution in [1.29, 1.82) is 0 Å². The lowest BCUT2D eigenvalue weighted by Crippen LogP contribution is -2.36. The molecule has 0 atom stereocenters. The van der Waals surface area contributed by atoms with Gasteiger partial charge < -0.3 is 10.2 Å². The van der Waals surface area contributed by atoms with E-state index in [1.54, 1.807) is 17.9 Å². The normalized spacial score (nSPS) is 13.4. The second-order valence-electron chi connectivity index (χ2n) is 5.64. The lowest BCUT2D eigenvalue weighted by atomic mass is 10.1. The standard InChI is InChI=1S/C17H14ClN5OS/c18-12-2-1-3-13(6-12)21-17-20-7-11-9-23(5-4-14(11)22-17)16(24)15-8-19-10-25-15/h1-3,6-8,10H,4-5,9H2,(H,20,21,22). The SMILES string of the molecule is O=C(c1cncs1)N1CCc2nc(Nc3cccc(Cl)c3)ncc2C1. The van der Waals surface area contributed by atoms with Gasteiger partial charge in [-0.25, -0.2) is 9.97 Å². The summed E-state index contributed by atoms with van der Waals surface area (Å²) in [7, 11) is 0. The van der Waals surface area contributed by atoms with Crippen molar-refractivity contribution in [3.05, 3.63) is 63.3 Å². The highest BCUT2D eigenvalue weighted by molar-refractivity contribution is 7.11. The van der Waals surface area contributed by atoms with Crippen molar-refractivity contribution in [2.75, 3.05) is 11.9 Å². The van der Waals surface area contributed by atoms with Gasteiger partial charge in [-0.05, 0) is 18.2 Å². The Morgan fingerprint density at radius 2 is 2.24 bits per heavy atom. The quantitative estimate of drug-likeness (QED) is 0.762. The zero-order valence-corrected chi connectivity index (χ0v) is 14.7. The third-order valence-electron chi connectivity index (χ3n) is 3.95. The second-order valence-corrected chi connectivity index (χ2v) is 6.97. The fourth-order valence-electron chi connectivity index (χ4n) is 2.72. The molecule has 8 heteroatoms. The molecule has 3 aromatic rings. The molecular formula is C17H14ClN5OS. The highest BCUT2D eigenvalue weighted by atomic mass is 35.5. The van der Waals surface area contributed by atoms with Gasteiger partial charge in [-0.15, -0.1) is 11.3 Å². The minimum Gasteiger partial charge on any atom is -0.333 e. The molecular weight excluding hydrogens is 358 g/mol. The molecule has 6 nitrogen and oxygen atoms in total. The van der Waals surface area contributed by atoms with E-state index in [1.807, 2.05) is 29.2 Å². The molecule has 0 bridgehead atoms. The lowest BCUT2D eigenvalue weighted by molar-refractivity contribution is 0.0738. The molecule has 1 aromatic carbocycles. The van der Waals surface area contributed by atoms with E-state index in [0.29, 0.717) is 35.4 Å². The Bertz CT molecular complexity index is 915. The molecule has 0 saturated heterocycles. The molecule has 1 aliphatic heterocycles. The molecule has 2 aromatic heterocycles. The van der Waals surface area contributed by atoms with Crippen LogP contribution in [0.1, 0.15) is 20.9 Å². The van der Waals surface area contributed by atoms with Gasteiger partial charge in [0.1, 0.15) is 4.88 Å². The monoisotopic (exact) mass is 371 g/mol. The van der Waals surface area contributed by atoms with Gasteiger partial charge in [0, 0.05) is 42.0 Å². The number of aromatic nitrogens is 3. The van der Waals surface area contributed by atoms with Crippen LogP contribution in [0.25, 0.3) is 0 Å². The van der Waals surface area contributed by atoms with Gasteiger partial charge in [-0.1, -0.05) is 17.7 Å². The van der Waals surface area contributed by atoms with E-state index in [0.717, 1.165) is 16.9 Å². The van der Waals surface area contributed by atoms with E-state index in [9.17, 15) is 4.79 Å². The molecule has 4 rings (SSSR count). The number of nitrogens with zero attached hydrogens (tertiary/aromatic N) is 4. The van der Waals surface area contributed by atoms with Crippen molar-refractivity contribution in [1.82, 2.24) is 19.9 Å². The zero-order chi connectivity index (χ0) is 17.2. The van der Waals surface area contributed by atoms with Crippen LogP contribution >= 0.6 is 22.9 Å². The number of fused-ring (bicyclic) bond motifs is 1. The largest absolute Gasteiger partial charge is 0.333 e. The van der Waals surface area contributed by atoms with Gasteiger partial charge in [-0.3, -0.25) is 9.78 Å². The summed E-state index contributed by atoms with van der Waals surface area (Å²) in [6, 6.07) is 7.41. The predicted molar refractivity (Wildman–Crippen MR) is 97.3 cm³/mol. The van der Waals surface area contributed by atoms with E-state index in [1.165, 1.54) is 11.3 Å². The van der Waals surface area contributed by atoms with Crippen LogP contribution in [-0.2, 0) is 13.0 Å². The number of amides is 1. The van der Waals surface area contributed by atoms with Crippen molar-refractivity contribution < 1.29 is 4.79 Å². The summed E-state index contributed by atoms with van der Waals surface area (Å²) in [5.74, 6) is 0.539. The molecule has 0 radical (unpaired) electrons. The zero-order valence-electron chi connectivity index (χ0n) is 13.1. The molecule has 1 aliphatic rings. The Morgan fingerprint density at radius 1 is 1.32 bits per heavy atom. The Labute approximate surface area is 153 Å². The first kappa shape index (κ1) is 16.0. The van der Waals surface area contributed by atoms with Crippen LogP contribution in [0.2, 0.25) is 5.02 Å². The van der Waals surface area contributed by atoms with Gasteiger partial charge in [0.05, 0.1) is 17.4 Å². The molecule has 0 fully saturated rings. The van der Waals surface area contributed by atoms with Gasteiger partial charge >= 0.3 is 0 Å². The fraction of sp³-hybridized carbons (Fsp3) is 0.176. The number of rotatable bonds is 3. The van der Waals surface area contributed by atoms with Crippen molar-refractivity contribution in [2.24, 2.45) is 0 Å². The van der Waals surface area contributed by atoms with Crippen molar-refractivity contribution in [2.45, 2.75) is 13.0 Å². The Morgan fingerprint density at radius 3 is 3.04 bits per heavy atom. The van der Waals surface area contributed by atoms with Crippen LogP contribution < -0.4 is 5.32 Å². The van der Waals surface area contributed by atoms with E-state index in [-0.39, 0.29) is 5.91 Å². The second kappa shape index (κ2) is 6.78. The molecule has 0 unspecified atom stereocenters. The van der Waals surface area contributed by atoms with Crippen LogP contribution in [0.4, 0.5) is 11.6 Å². The van der Waals surface area contributed by atoms with Crippen LogP contribution in [0, 0.1) is 0 Å². The first-order valence-corrected chi connectivity index (χ1v) is 9.00. The molecule has 1 amide bonds. The molecule has 126 valence electrons. The minimum atomic E-state index is 0.00859. The topological polar surface area (TPSA) is 71.0 Å². The van der Waals surface area contributed by atoms with Crippen LogP contribution in [0.5, 0.6) is 0 Å². The van der Waals surface area contributed by atoms with E-state index < -0.39 is 0 Å². The molecule has 3 heterocycles. The summed E-state index contributed by atoms with van der Waals surface area (Å²) in [5.41, 5.74) is 4.45. The average Bonchev–Trinajstić information content (AvgIpc) is 3.15. The van der Waals surface area contributed by atoms with E-state index in [2.05, 4.69) is 20.3 Å². The smallest absolute Gasteiger partial charge is 0.265 e. The number of nitrogens with one attached hydrogen (secondary N) is 1. The van der Waals surface area contributed by atoms with Crippen molar-refractivity contribution >= 4 is 40.5 Å².